The summed E-state index contributed by atoms with van der Waals surface area (Å²) in [5.41, 5.74) is 36.4. The molecular weight excluding hydrogens is 1230 g/mol. The summed E-state index contributed by atoms with van der Waals surface area (Å²) in [5.74, 6) is 0. The van der Waals surface area contributed by atoms with Gasteiger partial charge in [-0.05, 0) is 243 Å². The average Bonchev–Trinajstić information content (AvgIpc) is 0.711. The van der Waals surface area contributed by atoms with E-state index in [1.54, 1.807) is 0 Å². The molecule has 0 saturated carbocycles. The highest BCUT2D eigenvalue weighted by molar-refractivity contribution is 7.00. The van der Waals surface area contributed by atoms with E-state index in [1.807, 2.05) is 0 Å². The first-order valence-corrected chi connectivity index (χ1v) is 37.1. The van der Waals surface area contributed by atoms with Crippen LogP contribution in [0.4, 0.5) is 34.1 Å². The molecule has 0 fully saturated rings. The molecule has 0 radical (unpaired) electrons. The minimum absolute atomic E-state index is 0.0865. The van der Waals surface area contributed by atoms with Gasteiger partial charge in [-0.2, -0.15) is 0 Å². The summed E-state index contributed by atoms with van der Waals surface area (Å²) < 4.78 is 2.53. The Morgan fingerprint density at radius 1 is 0.284 bits per heavy atom. The molecule has 18 rings (SSSR count). The van der Waals surface area contributed by atoms with Gasteiger partial charge in [-0.25, -0.2) is 0 Å². The Morgan fingerprint density at radius 3 is 1.11 bits per heavy atom. The summed E-state index contributed by atoms with van der Waals surface area (Å²) in [6, 6.07) is 110. The highest BCUT2D eigenvalue weighted by Crippen LogP contribution is 2.52. The quantitative estimate of drug-likeness (QED) is 0.133. The normalized spacial score (nSPS) is 15.9. The molecule has 0 spiro atoms. The van der Waals surface area contributed by atoms with Crippen LogP contribution in [0.2, 0.25) is 0 Å². The molecule has 3 nitrogen and oxygen atoms in total. The summed E-state index contributed by atoms with van der Waals surface area (Å²) in [6.45, 7) is 26.3. The van der Waals surface area contributed by atoms with Gasteiger partial charge >= 0.3 is 0 Å². The van der Waals surface area contributed by atoms with Crippen molar-refractivity contribution < 1.29 is 0 Å². The summed E-state index contributed by atoms with van der Waals surface area (Å²) in [6.07, 6.45) is 4.72. The number of nitrogens with zero attached hydrogens (tertiary/aromatic N) is 3. The molecule has 2 aliphatic heterocycles. The van der Waals surface area contributed by atoms with Crippen molar-refractivity contribution in [2.75, 3.05) is 9.80 Å². The second-order valence-corrected chi connectivity index (χ2v) is 33.4. The van der Waals surface area contributed by atoms with E-state index < -0.39 is 0 Å². The molecule has 13 aromatic carbocycles. The summed E-state index contributed by atoms with van der Waals surface area (Å²) in [7, 11) is 0. The van der Waals surface area contributed by atoms with Crippen LogP contribution < -0.4 is 26.2 Å². The fourth-order valence-corrected chi connectivity index (χ4v) is 18.1. The van der Waals surface area contributed by atoms with Gasteiger partial charge in [0.2, 0.25) is 0 Å². The molecule has 1 aromatic heterocycles. The number of fused-ring (bicyclic) bond motifs is 9. The van der Waals surface area contributed by atoms with Crippen molar-refractivity contribution in [1.82, 2.24) is 4.57 Å². The Balaban J connectivity index is 0.886. The molecule has 3 heterocycles. The van der Waals surface area contributed by atoms with Crippen LogP contribution in [0.1, 0.15) is 130 Å². The van der Waals surface area contributed by atoms with E-state index in [9.17, 15) is 0 Å². The third-order valence-electron chi connectivity index (χ3n) is 24.1. The van der Waals surface area contributed by atoms with Gasteiger partial charge < -0.3 is 14.4 Å². The zero-order chi connectivity index (χ0) is 69.8. The van der Waals surface area contributed by atoms with Gasteiger partial charge in [-0.3, -0.25) is 0 Å². The van der Waals surface area contributed by atoms with E-state index in [0.29, 0.717) is 0 Å². The maximum atomic E-state index is 2.62. The predicted octanol–water partition coefficient (Wildman–Crippen LogP) is 24.9. The zero-order valence-electron chi connectivity index (χ0n) is 60.9. The number of anilines is 6. The Kier molecular flexibility index (Phi) is 14.6. The Bertz CT molecular complexity index is 5570. The zero-order valence-corrected chi connectivity index (χ0v) is 60.9. The maximum Gasteiger partial charge on any atom is 0.252 e. The predicted molar refractivity (Wildman–Crippen MR) is 437 cm³/mol. The largest absolute Gasteiger partial charge is 0.311 e. The number of aromatic nitrogens is 1. The van der Waals surface area contributed by atoms with Crippen LogP contribution in [0.25, 0.3) is 94.3 Å². The van der Waals surface area contributed by atoms with Crippen LogP contribution in [0.15, 0.2) is 285 Å². The fourth-order valence-electron chi connectivity index (χ4n) is 18.1. The van der Waals surface area contributed by atoms with E-state index >= 15 is 0 Å². The lowest BCUT2D eigenvalue weighted by Gasteiger charge is -2.45. The molecule has 0 amide bonds. The van der Waals surface area contributed by atoms with Gasteiger partial charge in [0.05, 0.1) is 11.0 Å². The van der Waals surface area contributed by atoms with Crippen molar-refractivity contribution in [1.29, 1.82) is 0 Å². The van der Waals surface area contributed by atoms with Crippen molar-refractivity contribution in [3.8, 4) is 72.4 Å². The van der Waals surface area contributed by atoms with E-state index in [0.717, 1.165) is 28.3 Å². The molecule has 2 aliphatic carbocycles. The monoisotopic (exact) mass is 1320 g/mol. The average molecular weight is 1320 g/mol. The number of benzene rings is 13. The van der Waals surface area contributed by atoms with E-state index in [1.165, 1.54) is 170 Å². The Labute approximate surface area is 603 Å². The van der Waals surface area contributed by atoms with Crippen LogP contribution in [-0.2, 0) is 27.1 Å². The molecule has 0 unspecified atom stereocenters. The first kappa shape index (κ1) is 63.5. The van der Waals surface area contributed by atoms with Crippen LogP contribution in [0.5, 0.6) is 0 Å². The second kappa shape index (κ2) is 23.4. The lowest BCUT2D eigenvalue weighted by Crippen LogP contribution is -2.61. The molecule has 498 valence electrons. The molecule has 0 bridgehead atoms. The fraction of sp³-hybridized carbons (Fsp3) is 0.204. The molecule has 4 heteroatoms. The third kappa shape index (κ3) is 10.4. The first-order chi connectivity index (χ1) is 49.2. The number of hydrogen-bond donors (Lipinski definition) is 0. The Hall–Kier alpha value is -10.7. The van der Waals surface area contributed by atoms with Gasteiger partial charge in [-0.15, -0.1) is 0 Å². The molecule has 0 N–H and O–H groups in total. The first-order valence-electron chi connectivity index (χ1n) is 37.1. The van der Waals surface area contributed by atoms with Gasteiger partial charge in [0.15, 0.2) is 0 Å². The minimum atomic E-state index is -0.136. The van der Waals surface area contributed by atoms with Crippen LogP contribution in [-0.4, -0.2) is 11.3 Å². The van der Waals surface area contributed by atoms with E-state index in [2.05, 4.69) is 376 Å². The van der Waals surface area contributed by atoms with Crippen molar-refractivity contribution >= 4 is 79.0 Å². The molecule has 0 saturated heterocycles. The topological polar surface area (TPSA) is 11.4 Å². The van der Waals surface area contributed by atoms with Gasteiger partial charge in [0.1, 0.15) is 0 Å². The molecule has 14 aromatic rings. The Morgan fingerprint density at radius 2 is 0.637 bits per heavy atom. The van der Waals surface area contributed by atoms with Crippen LogP contribution >= 0.6 is 0 Å². The van der Waals surface area contributed by atoms with Crippen molar-refractivity contribution in [3.05, 3.63) is 313 Å². The van der Waals surface area contributed by atoms with Gasteiger partial charge in [-0.1, -0.05) is 282 Å². The smallest absolute Gasteiger partial charge is 0.252 e. The summed E-state index contributed by atoms with van der Waals surface area (Å²) in [5, 5.41) is 2.44. The van der Waals surface area contributed by atoms with E-state index in [-0.39, 0.29) is 33.8 Å². The summed E-state index contributed by atoms with van der Waals surface area (Å²) in [4.78, 5) is 5.24. The van der Waals surface area contributed by atoms with Crippen LogP contribution in [0.3, 0.4) is 0 Å². The highest BCUT2D eigenvalue weighted by Gasteiger charge is 2.45. The molecule has 102 heavy (non-hydrogen) atoms. The van der Waals surface area contributed by atoms with Crippen molar-refractivity contribution in [2.24, 2.45) is 0 Å². The van der Waals surface area contributed by atoms with Crippen LogP contribution in [0, 0.1) is 0 Å². The second-order valence-electron chi connectivity index (χ2n) is 33.4. The molecule has 4 aliphatic rings. The molecule has 0 atom stereocenters. The van der Waals surface area contributed by atoms with Gasteiger partial charge in [0.25, 0.3) is 6.71 Å². The SMILES string of the molecule is CC(C)(C)c1ccccc1-c1ccc2c(c1)N(c1ccc(-c3ccc4c(c3)C(C)(C)CCC4(C)C)cc1)c1cc(-c3ccccc3)cc3c1B2c1ccc(-n2c4ccc(-c5ccccc5)cc4c4cc(-c5ccccc5)ccc42)cc1N3c1ccc(-c2ccc3c(c2)C(C)(C)CCC3(C)C)cc1. The summed E-state index contributed by atoms with van der Waals surface area (Å²) >= 11 is 0. The lowest BCUT2D eigenvalue weighted by molar-refractivity contribution is 0.332. The number of hydrogen-bond acceptors (Lipinski definition) is 2. The standard InChI is InChI=1S/C98H88BN3/c1-94(2,3)80-30-22-21-29-77(80)72-37-47-85-89(59-72)100(74-40-31-66(32-41-74)70-35-45-81-83(57-70)97(8,9)53-51-95(81,4)5)91-60-73(65-27-19-14-20-28-65)61-92-93(91)99(85)86-48-44-76(62-90(86)101(92)75-42-33-67(34-43-75)71-36-46-82-84(58-71)98(10,11)54-52-96(82,6)7)102-87-49-38-68(63-23-15-12-16-24-63)55-78(87)79-56-69(39-50-88(79)102)64-25-17-13-18-26-64/h12-50,55-62H,51-54H2,1-11H3. The minimum Gasteiger partial charge on any atom is -0.311 e. The maximum absolute atomic E-state index is 2.62. The van der Waals surface area contributed by atoms with Crippen molar-refractivity contribution in [2.45, 2.75) is 129 Å². The van der Waals surface area contributed by atoms with E-state index in [4.69, 9.17) is 0 Å². The third-order valence-corrected chi connectivity index (χ3v) is 24.1. The van der Waals surface area contributed by atoms with Crippen molar-refractivity contribution in [3.63, 3.8) is 0 Å². The molecular formula is C98H88BN3. The van der Waals surface area contributed by atoms with Gasteiger partial charge in [0, 0.05) is 50.6 Å². The highest BCUT2D eigenvalue weighted by atomic mass is 15.2. The lowest BCUT2D eigenvalue weighted by atomic mass is 9.33. The number of rotatable bonds is 9.